The number of morpholine rings is 1. The third kappa shape index (κ3) is 4.57. The van der Waals surface area contributed by atoms with Gasteiger partial charge in [0, 0.05) is 48.4 Å². The molecular formula is C21H30N4OS. The van der Waals surface area contributed by atoms with E-state index in [0.29, 0.717) is 12.0 Å². The Bertz CT molecular complexity index is 731. The number of H-pyrrole nitrogens is 1. The highest BCUT2D eigenvalue weighted by Gasteiger charge is 2.26. The second-order valence-corrected chi connectivity index (χ2v) is 8.71. The van der Waals surface area contributed by atoms with Gasteiger partial charge in [0.05, 0.1) is 18.9 Å². The monoisotopic (exact) mass is 386 g/mol. The Morgan fingerprint density at radius 1 is 1.07 bits per heavy atom. The van der Waals surface area contributed by atoms with E-state index in [2.05, 4.69) is 57.3 Å². The molecule has 2 N–H and O–H groups in total. The van der Waals surface area contributed by atoms with E-state index in [1.54, 1.807) is 12.1 Å². The Hall–Kier alpha value is -1.34. The van der Waals surface area contributed by atoms with Gasteiger partial charge in [0.25, 0.3) is 0 Å². The fourth-order valence-electron chi connectivity index (χ4n) is 4.09. The molecule has 1 saturated heterocycles. The lowest BCUT2D eigenvalue weighted by Crippen LogP contribution is -2.37. The number of nitrogens with zero attached hydrogens (tertiary/aromatic N) is 2. The van der Waals surface area contributed by atoms with E-state index in [9.17, 15) is 0 Å². The average molecular weight is 387 g/mol. The van der Waals surface area contributed by atoms with Gasteiger partial charge in [-0.05, 0) is 45.1 Å². The van der Waals surface area contributed by atoms with Gasteiger partial charge in [-0.15, -0.1) is 0 Å². The maximum Gasteiger partial charge on any atom is 0.0952 e. The third-order valence-electron chi connectivity index (χ3n) is 5.83. The lowest BCUT2D eigenvalue weighted by Gasteiger charge is -2.31. The molecule has 5 nitrogen and oxygen atoms in total. The third-order valence-corrected chi connectivity index (χ3v) is 6.89. The molecule has 2 heterocycles. The summed E-state index contributed by atoms with van der Waals surface area (Å²) in [5.74, 6) is 0.600. The van der Waals surface area contributed by atoms with E-state index in [0.717, 1.165) is 32.0 Å². The minimum absolute atomic E-state index is 0.600. The quantitative estimate of drug-likeness (QED) is 0.754. The normalized spacial score (nSPS) is 24.2. The molecule has 4 rings (SSSR count). The van der Waals surface area contributed by atoms with Crippen molar-refractivity contribution < 1.29 is 4.74 Å². The van der Waals surface area contributed by atoms with Gasteiger partial charge >= 0.3 is 0 Å². The van der Waals surface area contributed by atoms with Crippen LogP contribution in [0.5, 0.6) is 0 Å². The Balaban J connectivity index is 1.32. The molecule has 1 aliphatic carbocycles. The molecule has 2 aromatic rings. The van der Waals surface area contributed by atoms with Gasteiger partial charge in [-0.2, -0.15) is 5.10 Å². The van der Waals surface area contributed by atoms with Crippen molar-refractivity contribution in [2.24, 2.45) is 0 Å². The zero-order chi connectivity index (χ0) is 18.6. The van der Waals surface area contributed by atoms with Gasteiger partial charge in [-0.1, -0.05) is 29.8 Å². The second-order valence-electron chi connectivity index (χ2n) is 7.78. The van der Waals surface area contributed by atoms with Crippen molar-refractivity contribution in [1.29, 1.82) is 0 Å². The molecule has 1 aromatic heterocycles. The number of hydrogen-bond acceptors (Lipinski definition) is 5. The van der Waals surface area contributed by atoms with Crippen LogP contribution in [0, 0.1) is 13.8 Å². The molecule has 0 amide bonds. The van der Waals surface area contributed by atoms with Crippen molar-refractivity contribution in [3.05, 3.63) is 41.1 Å². The summed E-state index contributed by atoms with van der Waals surface area (Å²) in [5, 5.41) is 8.00. The summed E-state index contributed by atoms with van der Waals surface area (Å²) < 4.78 is 11.5. The Labute approximate surface area is 166 Å². The van der Waals surface area contributed by atoms with Crippen LogP contribution < -0.4 is 4.72 Å². The van der Waals surface area contributed by atoms with Crippen LogP contribution in [0.2, 0.25) is 0 Å². The molecule has 2 aliphatic rings. The molecule has 1 saturated carbocycles. The first kappa shape index (κ1) is 19.0. The van der Waals surface area contributed by atoms with E-state index in [4.69, 9.17) is 4.74 Å². The van der Waals surface area contributed by atoms with Crippen LogP contribution in [0.3, 0.4) is 0 Å². The molecule has 0 radical (unpaired) electrons. The molecule has 2 fully saturated rings. The van der Waals surface area contributed by atoms with Gasteiger partial charge in [-0.25, -0.2) is 9.03 Å². The highest BCUT2D eigenvalue weighted by Crippen LogP contribution is 2.36. The van der Waals surface area contributed by atoms with Crippen LogP contribution in [0.25, 0.3) is 11.3 Å². The fourth-order valence-corrected chi connectivity index (χ4v) is 4.95. The highest BCUT2D eigenvalue weighted by molar-refractivity contribution is 7.95. The van der Waals surface area contributed by atoms with Gasteiger partial charge in [0.2, 0.25) is 0 Å². The highest BCUT2D eigenvalue weighted by atomic mass is 32.2. The van der Waals surface area contributed by atoms with Crippen molar-refractivity contribution >= 4 is 12.1 Å². The molecule has 0 unspecified atom stereocenters. The predicted octanol–water partition coefficient (Wildman–Crippen LogP) is 4.20. The number of aryl methyl sites for hydroxylation is 1. The van der Waals surface area contributed by atoms with Crippen molar-refractivity contribution in [1.82, 2.24) is 19.2 Å². The molecule has 146 valence electrons. The molecule has 1 aliphatic heterocycles. The Morgan fingerprint density at radius 3 is 2.48 bits per heavy atom. The Kier molecular flexibility index (Phi) is 6.18. The molecule has 0 spiro atoms. The molecule has 6 heteroatoms. The van der Waals surface area contributed by atoms with Crippen molar-refractivity contribution in [2.75, 3.05) is 26.3 Å². The number of aromatic amines is 1. The number of ether oxygens (including phenoxy) is 1. The maximum absolute atomic E-state index is 5.41. The largest absolute Gasteiger partial charge is 0.379 e. The van der Waals surface area contributed by atoms with E-state index < -0.39 is 0 Å². The predicted molar refractivity (Wildman–Crippen MR) is 112 cm³/mol. The topological polar surface area (TPSA) is 53.2 Å². The van der Waals surface area contributed by atoms with Gasteiger partial charge in [0.1, 0.15) is 0 Å². The average Bonchev–Trinajstić information content (AvgIpc) is 3.09. The number of nitrogens with one attached hydrogen (secondary N) is 2. The van der Waals surface area contributed by atoms with Crippen LogP contribution in [0.4, 0.5) is 0 Å². The van der Waals surface area contributed by atoms with Crippen molar-refractivity contribution in [2.45, 2.75) is 51.5 Å². The summed E-state index contributed by atoms with van der Waals surface area (Å²) >= 11 is 1.79. The Morgan fingerprint density at radius 2 is 1.78 bits per heavy atom. The summed E-state index contributed by atoms with van der Waals surface area (Å²) in [4.78, 5) is 0. The second kappa shape index (κ2) is 8.78. The first-order valence-corrected chi connectivity index (χ1v) is 10.8. The minimum Gasteiger partial charge on any atom is -0.379 e. The van der Waals surface area contributed by atoms with Gasteiger partial charge in [-0.3, -0.25) is 5.10 Å². The number of aromatic nitrogens is 2. The van der Waals surface area contributed by atoms with Gasteiger partial charge in [0.15, 0.2) is 0 Å². The summed E-state index contributed by atoms with van der Waals surface area (Å²) in [7, 11) is 0. The summed E-state index contributed by atoms with van der Waals surface area (Å²) in [6, 6.07) is 9.27. The summed E-state index contributed by atoms with van der Waals surface area (Å²) in [6.45, 7) is 8.07. The van der Waals surface area contributed by atoms with Crippen LogP contribution in [0.15, 0.2) is 24.3 Å². The number of benzene rings is 1. The summed E-state index contributed by atoms with van der Waals surface area (Å²) in [6.07, 6.45) is 4.89. The molecule has 27 heavy (non-hydrogen) atoms. The lowest BCUT2D eigenvalue weighted by molar-refractivity contribution is 0.0768. The summed E-state index contributed by atoms with van der Waals surface area (Å²) in [5.41, 5.74) is 6.25. The zero-order valence-electron chi connectivity index (χ0n) is 16.3. The van der Waals surface area contributed by atoms with E-state index >= 15 is 0 Å². The van der Waals surface area contributed by atoms with E-state index in [1.165, 1.54) is 48.1 Å². The SMILES string of the molecule is Cc1ccc(-c2n[nH]c(C3CCC(NSN4CCOCC4)CC3)c2C)cc1. The van der Waals surface area contributed by atoms with Crippen LogP contribution in [-0.4, -0.2) is 46.8 Å². The molecule has 0 atom stereocenters. The lowest BCUT2D eigenvalue weighted by atomic mass is 9.83. The number of rotatable bonds is 5. The first-order chi connectivity index (χ1) is 13.2. The van der Waals surface area contributed by atoms with Gasteiger partial charge < -0.3 is 4.74 Å². The number of hydrogen-bond donors (Lipinski definition) is 2. The standard InChI is InChI=1S/C21H30N4OS/c1-15-3-5-17(6-4-15)20-16(2)21(23-22-20)18-7-9-19(10-8-18)24-27-25-11-13-26-14-12-25/h3-6,18-19,24H,7-14H2,1-2H3,(H,22,23). The first-order valence-electron chi connectivity index (χ1n) is 10.1. The smallest absolute Gasteiger partial charge is 0.0952 e. The van der Waals surface area contributed by atoms with Crippen molar-refractivity contribution in [3.63, 3.8) is 0 Å². The molecular weight excluding hydrogens is 356 g/mol. The zero-order valence-corrected chi connectivity index (χ0v) is 17.1. The molecule has 1 aromatic carbocycles. The fraction of sp³-hybridized carbons (Fsp3) is 0.571. The molecule has 0 bridgehead atoms. The maximum atomic E-state index is 5.41. The van der Waals surface area contributed by atoms with E-state index in [-0.39, 0.29) is 0 Å². The van der Waals surface area contributed by atoms with Crippen LogP contribution in [-0.2, 0) is 4.74 Å². The van der Waals surface area contributed by atoms with E-state index in [1.807, 2.05) is 0 Å². The van der Waals surface area contributed by atoms with Crippen molar-refractivity contribution in [3.8, 4) is 11.3 Å². The van der Waals surface area contributed by atoms with Crippen LogP contribution >= 0.6 is 12.1 Å². The van der Waals surface area contributed by atoms with Crippen LogP contribution in [0.1, 0.15) is 48.4 Å². The minimum atomic E-state index is 0.600.